The van der Waals surface area contributed by atoms with Crippen molar-refractivity contribution in [2.45, 2.75) is 65.5 Å². The first-order valence-electron chi connectivity index (χ1n) is 8.56. The fourth-order valence-electron chi connectivity index (χ4n) is 3.52. The van der Waals surface area contributed by atoms with Gasteiger partial charge in [0.2, 0.25) is 0 Å². The molecule has 1 saturated carbocycles. The molecule has 3 N–H and O–H groups in total. The first kappa shape index (κ1) is 17.8. The molecule has 2 atom stereocenters. The Balaban J connectivity index is 2.13. The number of rotatable bonds is 5. The minimum absolute atomic E-state index is 0.228. The lowest BCUT2D eigenvalue weighted by molar-refractivity contribution is -0.139. The molecular formula is C17H29N3O3. The first-order chi connectivity index (χ1) is 10.8. The summed E-state index contributed by atoms with van der Waals surface area (Å²) in [6, 6.07) is -0.237. The zero-order valence-corrected chi connectivity index (χ0v) is 14.6. The van der Waals surface area contributed by atoms with Gasteiger partial charge in [0.15, 0.2) is 0 Å². The number of urea groups is 1. The minimum Gasteiger partial charge on any atom is -0.463 e. The fourth-order valence-corrected chi connectivity index (χ4v) is 3.52. The van der Waals surface area contributed by atoms with Crippen molar-refractivity contribution in [2.75, 3.05) is 13.2 Å². The number of carbonyl (C=O) groups excluding carboxylic acids is 2. The molecular weight excluding hydrogens is 294 g/mol. The normalized spacial score (nSPS) is 27.2. The van der Waals surface area contributed by atoms with Crippen LogP contribution in [0.4, 0.5) is 4.79 Å². The lowest BCUT2D eigenvalue weighted by Crippen LogP contribution is -2.52. The molecule has 1 fully saturated rings. The van der Waals surface area contributed by atoms with E-state index in [0.717, 1.165) is 6.42 Å². The number of hydrogen-bond donors (Lipinski definition) is 3. The van der Waals surface area contributed by atoms with E-state index in [1.165, 1.54) is 19.3 Å². The van der Waals surface area contributed by atoms with E-state index in [1.807, 2.05) is 0 Å². The Morgan fingerprint density at radius 3 is 2.78 bits per heavy atom. The van der Waals surface area contributed by atoms with Crippen molar-refractivity contribution in [1.82, 2.24) is 16.0 Å². The molecule has 0 bridgehead atoms. The summed E-state index contributed by atoms with van der Waals surface area (Å²) in [7, 11) is 0. The Labute approximate surface area is 138 Å². The Morgan fingerprint density at radius 2 is 2.13 bits per heavy atom. The highest BCUT2D eigenvalue weighted by Gasteiger charge is 2.34. The topological polar surface area (TPSA) is 79.5 Å². The molecule has 130 valence electrons. The van der Waals surface area contributed by atoms with Crippen LogP contribution in [0.5, 0.6) is 0 Å². The van der Waals surface area contributed by atoms with Gasteiger partial charge in [0.05, 0.1) is 18.2 Å². The molecule has 0 aromatic rings. The molecule has 0 spiro atoms. The van der Waals surface area contributed by atoms with Crippen LogP contribution in [-0.2, 0) is 9.53 Å². The van der Waals surface area contributed by atoms with Crippen molar-refractivity contribution in [2.24, 2.45) is 5.41 Å². The second-order valence-corrected chi connectivity index (χ2v) is 7.10. The summed E-state index contributed by atoms with van der Waals surface area (Å²) in [5.74, 6) is -0.368. The van der Waals surface area contributed by atoms with E-state index in [0.29, 0.717) is 30.5 Å². The standard InChI is InChI=1S/C17H29N3O3/c1-5-23-15(21)14-11(2)19-16(22)20-12(14)10-18-13-8-6-7-9-17(13,3)4/h11,13,18H,5-10H2,1-4H3,(H2,19,20,22)/t11-,13-/m0/s1. The molecule has 2 aliphatic rings. The molecule has 1 aliphatic carbocycles. The van der Waals surface area contributed by atoms with Gasteiger partial charge in [0, 0.05) is 18.3 Å². The second kappa shape index (κ2) is 7.34. The molecule has 2 rings (SSSR count). The summed E-state index contributed by atoms with van der Waals surface area (Å²) in [4.78, 5) is 24.0. The van der Waals surface area contributed by atoms with Crippen LogP contribution in [0.3, 0.4) is 0 Å². The molecule has 2 amide bonds. The third-order valence-corrected chi connectivity index (χ3v) is 4.90. The van der Waals surface area contributed by atoms with Crippen LogP contribution in [0.1, 0.15) is 53.4 Å². The van der Waals surface area contributed by atoms with Gasteiger partial charge in [-0.2, -0.15) is 0 Å². The summed E-state index contributed by atoms with van der Waals surface area (Å²) in [5, 5.41) is 9.03. The van der Waals surface area contributed by atoms with Crippen LogP contribution in [0, 0.1) is 5.41 Å². The Kier molecular flexibility index (Phi) is 5.68. The highest BCUT2D eigenvalue weighted by Crippen LogP contribution is 2.35. The minimum atomic E-state index is -0.368. The monoisotopic (exact) mass is 323 g/mol. The lowest BCUT2D eigenvalue weighted by Gasteiger charge is -2.40. The van der Waals surface area contributed by atoms with Crippen molar-refractivity contribution in [1.29, 1.82) is 0 Å². The maximum atomic E-state index is 12.2. The second-order valence-electron chi connectivity index (χ2n) is 7.10. The van der Waals surface area contributed by atoms with E-state index in [2.05, 4.69) is 29.8 Å². The highest BCUT2D eigenvalue weighted by atomic mass is 16.5. The van der Waals surface area contributed by atoms with Gasteiger partial charge < -0.3 is 20.7 Å². The lowest BCUT2D eigenvalue weighted by atomic mass is 9.73. The largest absolute Gasteiger partial charge is 0.463 e. The summed E-state index contributed by atoms with van der Waals surface area (Å²) in [6.45, 7) is 8.91. The predicted octanol–water partition coefficient (Wildman–Crippen LogP) is 2.06. The van der Waals surface area contributed by atoms with Gasteiger partial charge in [-0.25, -0.2) is 9.59 Å². The zero-order valence-electron chi connectivity index (χ0n) is 14.6. The highest BCUT2D eigenvalue weighted by molar-refractivity contribution is 5.94. The van der Waals surface area contributed by atoms with Gasteiger partial charge in [-0.1, -0.05) is 26.7 Å². The van der Waals surface area contributed by atoms with E-state index in [9.17, 15) is 9.59 Å². The van der Waals surface area contributed by atoms with Crippen molar-refractivity contribution in [3.05, 3.63) is 11.3 Å². The van der Waals surface area contributed by atoms with E-state index in [1.54, 1.807) is 13.8 Å². The quantitative estimate of drug-likeness (QED) is 0.677. The van der Waals surface area contributed by atoms with Gasteiger partial charge in [-0.05, 0) is 32.1 Å². The van der Waals surface area contributed by atoms with Crippen LogP contribution in [0.15, 0.2) is 11.3 Å². The van der Waals surface area contributed by atoms with Crippen molar-refractivity contribution in [3.8, 4) is 0 Å². The number of hydrogen-bond acceptors (Lipinski definition) is 4. The molecule has 6 nitrogen and oxygen atoms in total. The number of nitrogens with one attached hydrogen (secondary N) is 3. The van der Waals surface area contributed by atoms with E-state index >= 15 is 0 Å². The van der Waals surface area contributed by atoms with Gasteiger partial charge in [-0.15, -0.1) is 0 Å². The molecule has 0 aromatic carbocycles. The number of amides is 2. The summed E-state index contributed by atoms with van der Waals surface area (Å²) in [5.41, 5.74) is 1.36. The van der Waals surface area contributed by atoms with Crippen LogP contribution >= 0.6 is 0 Å². The van der Waals surface area contributed by atoms with E-state index < -0.39 is 0 Å². The van der Waals surface area contributed by atoms with Gasteiger partial charge in [-0.3, -0.25) is 0 Å². The van der Waals surface area contributed by atoms with E-state index in [4.69, 9.17) is 4.74 Å². The van der Waals surface area contributed by atoms with Crippen molar-refractivity contribution in [3.63, 3.8) is 0 Å². The third kappa shape index (κ3) is 4.25. The number of ether oxygens (including phenoxy) is 1. The zero-order chi connectivity index (χ0) is 17.0. The van der Waals surface area contributed by atoms with Gasteiger partial charge in [0.1, 0.15) is 0 Å². The summed E-state index contributed by atoms with van der Waals surface area (Å²) < 4.78 is 5.13. The smallest absolute Gasteiger partial charge is 0.337 e. The summed E-state index contributed by atoms with van der Waals surface area (Å²) in [6.07, 6.45) is 4.80. The predicted molar refractivity (Wildman–Crippen MR) is 88.8 cm³/mol. The first-order valence-corrected chi connectivity index (χ1v) is 8.56. The summed E-state index contributed by atoms with van der Waals surface area (Å²) >= 11 is 0. The molecule has 0 saturated heterocycles. The average Bonchev–Trinajstić information content (AvgIpc) is 2.45. The molecule has 6 heteroatoms. The molecule has 1 aliphatic heterocycles. The molecule has 0 radical (unpaired) electrons. The Morgan fingerprint density at radius 1 is 1.39 bits per heavy atom. The molecule has 0 unspecified atom stereocenters. The third-order valence-electron chi connectivity index (χ3n) is 4.90. The van der Waals surface area contributed by atoms with Crippen molar-refractivity contribution < 1.29 is 14.3 Å². The number of esters is 1. The molecule has 23 heavy (non-hydrogen) atoms. The van der Waals surface area contributed by atoms with Gasteiger partial charge >= 0.3 is 12.0 Å². The fraction of sp³-hybridized carbons (Fsp3) is 0.765. The van der Waals surface area contributed by atoms with Crippen LogP contribution in [-0.4, -0.2) is 37.2 Å². The molecule has 1 heterocycles. The van der Waals surface area contributed by atoms with Crippen LogP contribution in [0.25, 0.3) is 0 Å². The average molecular weight is 323 g/mol. The SMILES string of the molecule is CCOC(=O)C1=C(CN[C@H]2CCCCC2(C)C)NC(=O)N[C@H]1C. The number of carbonyl (C=O) groups is 2. The Bertz CT molecular complexity index is 499. The Hall–Kier alpha value is -1.56. The molecule has 0 aromatic heterocycles. The van der Waals surface area contributed by atoms with Gasteiger partial charge in [0.25, 0.3) is 0 Å². The maximum absolute atomic E-state index is 12.2. The van der Waals surface area contributed by atoms with Crippen molar-refractivity contribution >= 4 is 12.0 Å². The van der Waals surface area contributed by atoms with Crippen LogP contribution in [0.2, 0.25) is 0 Å². The van der Waals surface area contributed by atoms with Crippen LogP contribution < -0.4 is 16.0 Å². The maximum Gasteiger partial charge on any atom is 0.337 e. The van der Waals surface area contributed by atoms with E-state index in [-0.39, 0.29) is 23.5 Å².